The maximum atomic E-state index is 12.8. The molecule has 6 nitrogen and oxygen atoms in total. The number of rotatable bonds is 44. The largest absolute Gasteiger partial charge is 0.462 e. The van der Waals surface area contributed by atoms with E-state index in [0.29, 0.717) is 19.3 Å². The first kappa shape index (κ1) is 58.3. The third-order valence-corrected chi connectivity index (χ3v) is 10.4. The maximum absolute atomic E-state index is 12.8. The van der Waals surface area contributed by atoms with Crippen LogP contribution in [-0.2, 0) is 28.6 Å². The number of carbonyl (C=O) groups excluding carboxylic acids is 3. The summed E-state index contributed by atoms with van der Waals surface area (Å²) in [5.41, 5.74) is 0. The quantitative estimate of drug-likeness (QED) is 0.0200. The number of allylic oxidation sites excluding steroid dienone is 16. The topological polar surface area (TPSA) is 78.9 Å². The Bertz CT molecular complexity index is 1260. The van der Waals surface area contributed by atoms with Crippen LogP contribution in [0.15, 0.2) is 97.2 Å². The van der Waals surface area contributed by atoms with E-state index in [4.69, 9.17) is 14.2 Å². The highest BCUT2D eigenvalue weighted by Gasteiger charge is 2.19. The third-order valence-electron chi connectivity index (χ3n) is 10.4. The van der Waals surface area contributed by atoms with E-state index in [0.717, 1.165) is 89.9 Å². The van der Waals surface area contributed by atoms with Crippen molar-refractivity contribution in [3.05, 3.63) is 97.2 Å². The lowest BCUT2D eigenvalue weighted by atomic mass is 10.1. The second kappa shape index (κ2) is 50.0. The van der Waals surface area contributed by atoms with Crippen LogP contribution in [0.1, 0.15) is 220 Å². The summed E-state index contributed by atoms with van der Waals surface area (Å²) in [4.78, 5) is 37.9. The lowest BCUT2D eigenvalue weighted by Crippen LogP contribution is -2.30. The SMILES string of the molecule is CC/C=C\C/C=C\C/C=C\CCCC(=O)OCC(COC(=O)CCCCCCC\C=C/C=C\C=C/C=C\CCCCC)OC(=O)CCCCCCCCC/C=C\CCCCCC. The van der Waals surface area contributed by atoms with Crippen molar-refractivity contribution in [2.24, 2.45) is 0 Å². The van der Waals surface area contributed by atoms with E-state index in [-0.39, 0.29) is 37.5 Å². The summed E-state index contributed by atoms with van der Waals surface area (Å²) in [6, 6.07) is 0. The van der Waals surface area contributed by atoms with E-state index in [1.54, 1.807) is 0 Å². The average molecular weight is 861 g/mol. The predicted octanol–water partition coefficient (Wildman–Crippen LogP) is 16.6. The van der Waals surface area contributed by atoms with Crippen molar-refractivity contribution >= 4 is 17.9 Å². The molecule has 0 bridgehead atoms. The van der Waals surface area contributed by atoms with Gasteiger partial charge in [0.2, 0.25) is 0 Å². The van der Waals surface area contributed by atoms with Gasteiger partial charge in [0.25, 0.3) is 0 Å². The van der Waals surface area contributed by atoms with Crippen LogP contribution in [-0.4, -0.2) is 37.2 Å². The smallest absolute Gasteiger partial charge is 0.306 e. The molecule has 0 rings (SSSR count). The minimum Gasteiger partial charge on any atom is -0.462 e. The molecule has 0 spiro atoms. The van der Waals surface area contributed by atoms with Gasteiger partial charge in [0.15, 0.2) is 6.10 Å². The van der Waals surface area contributed by atoms with E-state index in [1.807, 2.05) is 0 Å². The van der Waals surface area contributed by atoms with Crippen molar-refractivity contribution in [2.75, 3.05) is 13.2 Å². The molecular formula is C56H92O6. The molecule has 0 aliphatic carbocycles. The van der Waals surface area contributed by atoms with Gasteiger partial charge >= 0.3 is 17.9 Å². The first-order valence-corrected chi connectivity index (χ1v) is 25.3. The second-order valence-corrected chi connectivity index (χ2v) is 16.4. The molecule has 0 fully saturated rings. The van der Waals surface area contributed by atoms with Crippen molar-refractivity contribution < 1.29 is 28.6 Å². The highest BCUT2D eigenvalue weighted by Crippen LogP contribution is 2.13. The van der Waals surface area contributed by atoms with Crippen LogP contribution in [0.2, 0.25) is 0 Å². The first-order valence-electron chi connectivity index (χ1n) is 25.3. The summed E-state index contributed by atoms with van der Waals surface area (Å²) in [7, 11) is 0. The third kappa shape index (κ3) is 47.4. The van der Waals surface area contributed by atoms with Gasteiger partial charge in [-0.15, -0.1) is 0 Å². The fraction of sp³-hybridized carbons (Fsp3) is 0.661. The molecule has 0 aliphatic rings. The van der Waals surface area contributed by atoms with Gasteiger partial charge in [0.05, 0.1) is 0 Å². The molecule has 62 heavy (non-hydrogen) atoms. The molecule has 0 radical (unpaired) electrons. The number of esters is 3. The second-order valence-electron chi connectivity index (χ2n) is 16.4. The summed E-state index contributed by atoms with van der Waals surface area (Å²) in [5.74, 6) is -0.995. The van der Waals surface area contributed by atoms with Crippen molar-refractivity contribution in [1.29, 1.82) is 0 Å². The molecule has 0 aromatic rings. The van der Waals surface area contributed by atoms with Gasteiger partial charge in [0.1, 0.15) is 13.2 Å². The standard InChI is InChI=1S/C56H92O6/c1-4-7-10-13-16-19-22-24-26-27-28-30-31-34-37-40-43-46-49-55(58)61-52-53(51-60-54(57)48-45-42-39-36-33-21-18-15-12-9-6-3)62-56(59)50-47-44-41-38-35-32-29-25-23-20-17-14-11-8-5-2/h9,12,16,18-24,26-28,30,36,39,53H,4-8,10-11,13-15,17,25,29,31-35,37-38,40-52H2,1-3H3/b12-9-,19-16-,21-18-,23-20-,24-22-,27-26-,30-28-,39-36-. The molecular weight excluding hydrogens is 769 g/mol. The summed E-state index contributed by atoms with van der Waals surface area (Å²) in [6.45, 7) is 6.38. The van der Waals surface area contributed by atoms with Crippen LogP contribution in [0.4, 0.5) is 0 Å². The fourth-order valence-electron chi connectivity index (χ4n) is 6.59. The number of hydrogen-bond donors (Lipinski definition) is 0. The highest BCUT2D eigenvalue weighted by atomic mass is 16.6. The number of hydrogen-bond acceptors (Lipinski definition) is 6. The van der Waals surface area contributed by atoms with Crippen LogP contribution in [0, 0.1) is 0 Å². The lowest BCUT2D eigenvalue weighted by Gasteiger charge is -2.18. The van der Waals surface area contributed by atoms with Gasteiger partial charge in [-0.05, 0) is 96.3 Å². The van der Waals surface area contributed by atoms with E-state index < -0.39 is 6.10 Å². The predicted molar refractivity (Wildman–Crippen MR) is 265 cm³/mol. The number of ether oxygens (including phenoxy) is 3. The summed E-state index contributed by atoms with van der Waals surface area (Å²) in [6.07, 6.45) is 65.4. The Labute approximate surface area is 381 Å². The van der Waals surface area contributed by atoms with Gasteiger partial charge in [-0.3, -0.25) is 14.4 Å². The maximum Gasteiger partial charge on any atom is 0.306 e. The van der Waals surface area contributed by atoms with Gasteiger partial charge < -0.3 is 14.2 Å². The number of unbranched alkanes of at least 4 members (excludes halogenated alkanes) is 20. The highest BCUT2D eigenvalue weighted by molar-refractivity contribution is 5.71. The zero-order chi connectivity index (χ0) is 45.1. The molecule has 6 heteroatoms. The zero-order valence-electron chi connectivity index (χ0n) is 40.1. The summed E-state index contributed by atoms with van der Waals surface area (Å²) >= 11 is 0. The van der Waals surface area contributed by atoms with E-state index in [2.05, 4.69) is 118 Å². The molecule has 0 amide bonds. The van der Waals surface area contributed by atoms with Crippen molar-refractivity contribution in [2.45, 2.75) is 226 Å². The Balaban J connectivity index is 4.48. The minimum atomic E-state index is -0.810. The lowest BCUT2D eigenvalue weighted by molar-refractivity contribution is -0.167. The molecule has 0 aliphatic heterocycles. The van der Waals surface area contributed by atoms with Gasteiger partial charge in [0, 0.05) is 19.3 Å². The molecule has 0 saturated carbocycles. The van der Waals surface area contributed by atoms with Crippen molar-refractivity contribution in [3.63, 3.8) is 0 Å². The molecule has 0 heterocycles. The fourth-order valence-corrected chi connectivity index (χ4v) is 6.59. The van der Waals surface area contributed by atoms with E-state index in [9.17, 15) is 14.4 Å². The summed E-state index contributed by atoms with van der Waals surface area (Å²) < 4.78 is 16.7. The van der Waals surface area contributed by atoms with Gasteiger partial charge in [-0.2, -0.15) is 0 Å². The van der Waals surface area contributed by atoms with E-state index in [1.165, 1.54) is 83.5 Å². The van der Waals surface area contributed by atoms with Crippen molar-refractivity contribution in [1.82, 2.24) is 0 Å². The molecule has 0 N–H and O–H groups in total. The molecule has 352 valence electrons. The van der Waals surface area contributed by atoms with Gasteiger partial charge in [-0.1, -0.05) is 201 Å². The molecule has 0 aromatic carbocycles. The first-order chi connectivity index (χ1) is 30.5. The van der Waals surface area contributed by atoms with Gasteiger partial charge in [-0.25, -0.2) is 0 Å². The molecule has 1 atom stereocenters. The molecule has 0 aromatic heterocycles. The monoisotopic (exact) mass is 861 g/mol. The molecule has 0 saturated heterocycles. The minimum absolute atomic E-state index is 0.108. The van der Waals surface area contributed by atoms with Crippen LogP contribution in [0.3, 0.4) is 0 Å². The Kier molecular flexibility index (Phi) is 47.0. The van der Waals surface area contributed by atoms with Crippen LogP contribution < -0.4 is 0 Å². The Morgan fingerprint density at radius 1 is 0.355 bits per heavy atom. The Morgan fingerprint density at radius 3 is 1.24 bits per heavy atom. The van der Waals surface area contributed by atoms with Crippen LogP contribution in [0.5, 0.6) is 0 Å². The zero-order valence-corrected chi connectivity index (χ0v) is 40.1. The van der Waals surface area contributed by atoms with Crippen molar-refractivity contribution in [3.8, 4) is 0 Å². The summed E-state index contributed by atoms with van der Waals surface area (Å²) in [5, 5.41) is 0. The van der Waals surface area contributed by atoms with Crippen LogP contribution in [0.25, 0.3) is 0 Å². The van der Waals surface area contributed by atoms with E-state index >= 15 is 0 Å². The average Bonchev–Trinajstić information content (AvgIpc) is 3.27. The Morgan fingerprint density at radius 2 is 0.710 bits per heavy atom. The van der Waals surface area contributed by atoms with Crippen LogP contribution >= 0.6 is 0 Å². The molecule has 1 unspecified atom stereocenters. The Hall–Kier alpha value is -3.67. The normalized spacial score (nSPS) is 12.9. The number of carbonyl (C=O) groups is 3.